The van der Waals surface area contributed by atoms with Crippen LogP contribution in [0.3, 0.4) is 0 Å². The molecule has 2 aromatic heterocycles. The number of methoxy groups -OCH3 is 1. The molecule has 0 saturated carbocycles. The van der Waals surface area contributed by atoms with Gasteiger partial charge in [-0.25, -0.2) is 4.98 Å². The van der Waals surface area contributed by atoms with E-state index in [1.54, 1.807) is 7.11 Å². The molecule has 0 aliphatic carbocycles. The van der Waals surface area contributed by atoms with Crippen molar-refractivity contribution < 1.29 is 4.74 Å². The lowest BCUT2D eigenvalue weighted by atomic mass is 10.1. The van der Waals surface area contributed by atoms with Crippen molar-refractivity contribution >= 4 is 16.4 Å². The molecular formula is C18H14N2O. The molecule has 0 fully saturated rings. The Morgan fingerprint density at radius 2 is 1.81 bits per heavy atom. The van der Waals surface area contributed by atoms with E-state index in [9.17, 15) is 0 Å². The molecule has 4 rings (SSSR count). The third kappa shape index (κ3) is 1.94. The number of aromatic nitrogens is 2. The lowest BCUT2D eigenvalue weighted by Gasteiger charge is -2.00. The lowest BCUT2D eigenvalue weighted by molar-refractivity contribution is 0.417. The van der Waals surface area contributed by atoms with Crippen LogP contribution in [0, 0.1) is 0 Å². The number of benzene rings is 2. The standard InChI is InChI=1S/C18H14N2O/c1-21-17-7-4-10-20-12-16(19-18(17)20)15-9-8-13-5-2-3-6-14(13)11-15/h2-12H,1H3. The molecule has 3 nitrogen and oxygen atoms in total. The molecule has 0 N–H and O–H groups in total. The average Bonchev–Trinajstić information content (AvgIpc) is 2.98. The van der Waals surface area contributed by atoms with Crippen LogP contribution in [-0.2, 0) is 0 Å². The summed E-state index contributed by atoms with van der Waals surface area (Å²) in [5.74, 6) is 0.782. The molecule has 102 valence electrons. The number of nitrogens with zero attached hydrogens (tertiary/aromatic N) is 2. The van der Waals surface area contributed by atoms with Gasteiger partial charge in [-0.1, -0.05) is 36.4 Å². The van der Waals surface area contributed by atoms with E-state index < -0.39 is 0 Å². The van der Waals surface area contributed by atoms with Crippen LogP contribution in [0.2, 0.25) is 0 Å². The summed E-state index contributed by atoms with van der Waals surface area (Å²) in [7, 11) is 1.67. The fraction of sp³-hybridized carbons (Fsp3) is 0.0556. The molecule has 0 spiro atoms. The van der Waals surface area contributed by atoms with Gasteiger partial charge in [0.2, 0.25) is 0 Å². The number of hydrogen-bond acceptors (Lipinski definition) is 2. The van der Waals surface area contributed by atoms with Crippen molar-refractivity contribution in [3.8, 4) is 17.0 Å². The van der Waals surface area contributed by atoms with Gasteiger partial charge in [-0.3, -0.25) is 0 Å². The van der Waals surface area contributed by atoms with E-state index in [0.717, 1.165) is 22.7 Å². The Morgan fingerprint density at radius 3 is 2.67 bits per heavy atom. The lowest BCUT2D eigenvalue weighted by Crippen LogP contribution is -1.88. The van der Waals surface area contributed by atoms with Crippen molar-refractivity contribution in [1.82, 2.24) is 9.38 Å². The molecule has 2 heterocycles. The fourth-order valence-corrected chi connectivity index (χ4v) is 2.63. The molecule has 0 aliphatic heterocycles. The number of hydrogen-bond donors (Lipinski definition) is 0. The number of pyridine rings is 1. The van der Waals surface area contributed by atoms with Gasteiger partial charge in [-0.2, -0.15) is 0 Å². The Hall–Kier alpha value is -2.81. The highest BCUT2D eigenvalue weighted by Crippen LogP contribution is 2.26. The summed E-state index contributed by atoms with van der Waals surface area (Å²) in [5, 5.41) is 2.46. The highest BCUT2D eigenvalue weighted by Gasteiger charge is 2.08. The SMILES string of the molecule is COc1cccn2cc(-c3ccc4ccccc4c3)nc12. The second kappa shape index (κ2) is 4.63. The highest BCUT2D eigenvalue weighted by atomic mass is 16.5. The van der Waals surface area contributed by atoms with E-state index in [2.05, 4.69) is 42.5 Å². The molecule has 0 amide bonds. The molecule has 3 heteroatoms. The summed E-state index contributed by atoms with van der Waals surface area (Å²) in [6.45, 7) is 0. The smallest absolute Gasteiger partial charge is 0.180 e. The van der Waals surface area contributed by atoms with Gasteiger partial charge >= 0.3 is 0 Å². The van der Waals surface area contributed by atoms with E-state index in [4.69, 9.17) is 9.72 Å². The topological polar surface area (TPSA) is 26.5 Å². The van der Waals surface area contributed by atoms with Crippen LogP contribution in [0.5, 0.6) is 5.75 Å². The van der Waals surface area contributed by atoms with Crippen LogP contribution < -0.4 is 4.74 Å². The second-order valence-corrected chi connectivity index (χ2v) is 5.00. The van der Waals surface area contributed by atoms with Crippen LogP contribution in [0.25, 0.3) is 27.7 Å². The fourth-order valence-electron chi connectivity index (χ4n) is 2.63. The first-order chi connectivity index (χ1) is 10.3. The number of ether oxygens (including phenoxy) is 1. The minimum Gasteiger partial charge on any atom is -0.493 e. The summed E-state index contributed by atoms with van der Waals surface area (Å²) in [5.41, 5.74) is 2.90. The summed E-state index contributed by atoms with van der Waals surface area (Å²) >= 11 is 0. The van der Waals surface area contributed by atoms with Gasteiger partial charge in [-0.05, 0) is 29.0 Å². The summed E-state index contributed by atoms with van der Waals surface area (Å²) in [6.07, 6.45) is 4.01. The van der Waals surface area contributed by atoms with Crippen LogP contribution in [-0.4, -0.2) is 16.5 Å². The summed E-state index contributed by atoms with van der Waals surface area (Å²) in [4.78, 5) is 4.70. The molecule has 2 aromatic carbocycles. The molecular weight excluding hydrogens is 260 g/mol. The maximum Gasteiger partial charge on any atom is 0.180 e. The van der Waals surface area contributed by atoms with E-state index >= 15 is 0 Å². The molecule has 0 aliphatic rings. The molecule has 0 bridgehead atoms. The largest absolute Gasteiger partial charge is 0.493 e. The second-order valence-electron chi connectivity index (χ2n) is 5.00. The van der Waals surface area contributed by atoms with E-state index in [1.807, 2.05) is 28.9 Å². The highest BCUT2D eigenvalue weighted by molar-refractivity contribution is 5.87. The predicted octanol–water partition coefficient (Wildman–Crippen LogP) is 4.16. The monoisotopic (exact) mass is 274 g/mol. The van der Waals surface area contributed by atoms with Crippen LogP contribution in [0.1, 0.15) is 0 Å². The maximum atomic E-state index is 5.36. The summed E-state index contributed by atoms with van der Waals surface area (Å²) in [6, 6.07) is 18.6. The van der Waals surface area contributed by atoms with Gasteiger partial charge in [0.25, 0.3) is 0 Å². The van der Waals surface area contributed by atoms with Crippen LogP contribution >= 0.6 is 0 Å². The third-order valence-electron chi connectivity index (χ3n) is 3.71. The first kappa shape index (κ1) is 12.0. The first-order valence-corrected chi connectivity index (χ1v) is 6.86. The molecule has 0 unspecified atom stereocenters. The van der Waals surface area contributed by atoms with Gasteiger partial charge in [0, 0.05) is 18.0 Å². The Morgan fingerprint density at radius 1 is 0.952 bits per heavy atom. The summed E-state index contributed by atoms with van der Waals surface area (Å²) < 4.78 is 7.35. The van der Waals surface area contributed by atoms with Crippen molar-refractivity contribution in [2.24, 2.45) is 0 Å². The first-order valence-electron chi connectivity index (χ1n) is 6.86. The van der Waals surface area contributed by atoms with Crippen molar-refractivity contribution in [2.45, 2.75) is 0 Å². The third-order valence-corrected chi connectivity index (χ3v) is 3.71. The zero-order chi connectivity index (χ0) is 14.2. The van der Waals surface area contributed by atoms with Crippen molar-refractivity contribution in [3.05, 3.63) is 67.0 Å². The molecule has 21 heavy (non-hydrogen) atoms. The van der Waals surface area contributed by atoms with Crippen molar-refractivity contribution in [2.75, 3.05) is 7.11 Å². The zero-order valence-corrected chi connectivity index (χ0v) is 11.7. The quantitative estimate of drug-likeness (QED) is 0.548. The van der Waals surface area contributed by atoms with Crippen molar-refractivity contribution in [1.29, 1.82) is 0 Å². The minimum absolute atomic E-state index is 0.782. The van der Waals surface area contributed by atoms with Crippen LogP contribution in [0.4, 0.5) is 0 Å². The maximum absolute atomic E-state index is 5.36. The molecule has 0 radical (unpaired) electrons. The van der Waals surface area contributed by atoms with Crippen LogP contribution in [0.15, 0.2) is 67.0 Å². The average molecular weight is 274 g/mol. The van der Waals surface area contributed by atoms with Gasteiger partial charge in [0.15, 0.2) is 11.4 Å². The minimum atomic E-state index is 0.782. The van der Waals surface area contributed by atoms with E-state index in [0.29, 0.717) is 0 Å². The number of rotatable bonds is 2. The molecule has 0 saturated heterocycles. The van der Waals surface area contributed by atoms with Crippen molar-refractivity contribution in [3.63, 3.8) is 0 Å². The Labute approximate surface area is 122 Å². The number of imidazole rings is 1. The van der Waals surface area contributed by atoms with E-state index in [1.165, 1.54) is 10.8 Å². The number of fused-ring (bicyclic) bond motifs is 2. The Balaban J connectivity index is 1.91. The zero-order valence-electron chi connectivity index (χ0n) is 11.7. The predicted molar refractivity (Wildman–Crippen MR) is 84.7 cm³/mol. The Bertz CT molecular complexity index is 940. The normalized spacial score (nSPS) is 11.1. The van der Waals surface area contributed by atoms with Gasteiger partial charge in [-0.15, -0.1) is 0 Å². The van der Waals surface area contributed by atoms with Gasteiger partial charge < -0.3 is 9.14 Å². The Kier molecular flexibility index (Phi) is 2.64. The molecule has 0 atom stereocenters. The van der Waals surface area contributed by atoms with Gasteiger partial charge in [0.05, 0.1) is 12.8 Å². The van der Waals surface area contributed by atoms with Gasteiger partial charge in [0.1, 0.15) is 0 Å². The van der Waals surface area contributed by atoms with E-state index in [-0.39, 0.29) is 0 Å². The molecule has 4 aromatic rings.